The number of nitrogens with zero attached hydrogens (tertiary/aromatic N) is 2. The molecule has 0 spiro atoms. The van der Waals surface area contributed by atoms with Crippen LogP contribution in [0.2, 0.25) is 10.0 Å². The maximum absolute atomic E-state index is 12.8. The number of anilines is 1. The fourth-order valence-electron chi connectivity index (χ4n) is 2.31. The number of halogens is 2. The molecule has 0 unspecified atom stereocenters. The molecule has 1 aliphatic rings. The van der Waals surface area contributed by atoms with Gasteiger partial charge in [0.15, 0.2) is 5.17 Å². The Hall–Kier alpha value is -1.75. The van der Waals surface area contributed by atoms with Crippen molar-refractivity contribution in [3.63, 3.8) is 0 Å². The molecule has 0 aliphatic carbocycles. The van der Waals surface area contributed by atoms with Gasteiger partial charge in [0.1, 0.15) is 5.70 Å². The molecule has 1 heterocycles. The highest BCUT2D eigenvalue weighted by Gasteiger charge is 2.31. The topological polar surface area (TPSA) is 32.7 Å². The Labute approximate surface area is 155 Å². The minimum absolute atomic E-state index is 0.158. The second kappa shape index (κ2) is 7.01. The number of amidine groups is 1. The molecule has 1 amide bonds. The predicted octanol–water partition coefficient (Wildman–Crippen LogP) is 5.41. The molecule has 0 saturated heterocycles. The summed E-state index contributed by atoms with van der Waals surface area (Å²) < 4.78 is 0. The van der Waals surface area contributed by atoms with Gasteiger partial charge in [-0.3, -0.25) is 9.69 Å². The summed E-state index contributed by atoms with van der Waals surface area (Å²) in [4.78, 5) is 18.9. The number of hydrogen-bond acceptors (Lipinski definition) is 3. The summed E-state index contributed by atoms with van der Waals surface area (Å²) in [5.74, 6) is -0.158. The molecular formula is C18H14Cl2N2OS. The molecule has 0 aromatic heterocycles. The van der Waals surface area contributed by atoms with Crippen LogP contribution >= 0.6 is 35.0 Å². The minimum Gasteiger partial charge on any atom is -0.266 e. The van der Waals surface area contributed by atoms with Crippen molar-refractivity contribution in [3.05, 3.63) is 69.3 Å². The van der Waals surface area contributed by atoms with E-state index >= 15 is 0 Å². The highest BCUT2D eigenvalue weighted by Crippen LogP contribution is 2.30. The van der Waals surface area contributed by atoms with E-state index in [1.54, 1.807) is 29.2 Å². The van der Waals surface area contributed by atoms with E-state index in [-0.39, 0.29) is 5.91 Å². The number of carbonyl (C=O) groups is 1. The van der Waals surface area contributed by atoms with Gasteiger partial charge in [-0.1, -0.05) is 58.7 Å². The summed E-state index contributed by atoms with van der Waals surface area (Å²) in [6, 6.07) is 13.0. The molecule has 24 heavy (non-hydrogen) atoms. The van der Waals surface area contributed by atoms with Gasteiger partial charge in [-0.05, 0) is 49.1 Å². The molecule has 2 aromatic rings. The summed E-state index contributed by atoms with van der Waals surface area (Å²) in [5.41, 5.74) is 3.09. The van der Waals surface area contributed by atoms with Gasteiger partial charge in [0, 0.05) is 0 Å². The molecule has 1 aliphatic heterocycles. The van der Waals surface area contributed by atoms with E-state index in [0.29, 0.717) is 20.9 Å². The van der Waals surface area contributed by atoms with E-state index in [1.165, 1.54) is 11.8 Å². The molecule has 3 rings (SSSR count). The molecule has 122 valence electrons. The number of hydrogen-bond donors (Lipinski definition) is 0. The van der Waals surface area contributed by atoms with Crippen LogP contribution in [0.3, 0.4) is 0 Å². The van der Waals surface area contributed by atoms with Crippen molar-refractivity contribution in [2.45, 2.75) is 6.92 Å². The molecule has 0 saturated carbocycles. The average molecular weight is 377 g/mol. The number of amides is 1. The van der Waals surface area contributed by atoms with Crippen LogP contribution in [-0.2, 0) is 4.79 Å². The maximum Gasteiger partial charge on any atom is 0.283 e. The molecule has 0 radical (unpaired) electrons. The van der Waals surface area contributed by atoms with Gasteiger partial charge in [-0.25, -0.2) is 4.99 Å². The summed E-state index contributed by atoms with van der Waals surface area (Å²) in [7, 11) is 0. The smallest absolute Gasteiger partial charge is 0.266 e. The van der Waals surface area contributed by atoms with Gasteiger partial charge < -0.3 is 0 Å². The third kappa shape index (κ3) is 3.36. The Kier molecular flexibility index (Phi) is 4.99. The Balaban J connectivity index is 1.98. The highest BCUT2D eigenvalue weighted by molar-refractivity contribution is 8.13. The van der Waals surface area contributed by atoms with Crippen molar-refractivity contribution in [1.82, 2.24) is 0 Å². The van der Waals surface area contributed by atoms with Crippen LogP contribution < -0.4 is 4.90 Å². The zero-order valence-electron chi connectivity index (χ0n) is 13.1. The lowest BCUT2D eigenvalue weighted by atomic mass is 10.2. The standard InChI is InChI=1S/C18H14Cl2N2OS/c1-11-3-6-13(7-4-11)22-17(23)16(21-18(22)24-2)10-12-5-8-14(19)15(20)9-12/h3-10H,1-2H3/b16-10-. The van der Waals surface area contributed by atoms with Crippen LogP contribution in [0.15, 0.2) is 53.2 Å². The van der Waals surface area contributed by atoms with Crippen molar-refractivity contribution < 1.29 is 4.79 Å². The summed E-state index contributed by atoms with van der Waals surface area (Å²) >= 11 is 13.4. The van der Waals surface area contributed by atoms with Gasteiger partial charge in [-0.15, -0.1) is 0 Å². The Morgan fingerprint density at radius 1 is 1.08 bits per heavy atom. The Bertz CT molecular complexity index is 860. The van der Waals surface area contributed by atoms with Crippen LogP contribution in [0.4, 0.5) is 5.69 Å². The summed E-state index contributed by atoms with van der Waals surface area (Å²) in [6.45, 7) is 2.01. The first-order valence-corrected chi connectivity index (χ1v) is 9.18. The van der Waals surface area contributed by atoms with Crippen LogP contribution in [0.5, 0.6) is 0 Å². The van der Waals surface area contributed by atoms with Gasteiger partial charge in [0.2, 0.25) is 0 Å². The second-order valence-corrected chi connectivity index (χ2v) is 6.87. The molecule has 0 fully saturated rings. The van der Waals surface area contributed by atoms with Crippen LogP contribution in [0.1, 0.15) is 11.1 Å². The summed E-state index contributed by atoms with van der Waals surface area (Å²) in [5, 5.41) is 1.57. The number of rotatable bonds is 2. The molecule has 0 N–H and O–H groups in total. The predicted molar refractivity (Wildman–Crippen MR) is 104 cm³/mol. The lowest BCUT2D eigenvalue weighted by molar-refractivity contribution is -0.113. The van der Waals surface area contributed by atoms with Gasteiger partial charge in [0.25, 0.3) is 5.91 Å². The average Bonchev–Trinajstić information content (AvgIpc) is 2.88. The fourth-order valence-corrected chi connectivity index (χ4v) is 3.18. The number of aryl methyl sites for hydroxylation is 1. The molecule has 3 nitrogen and oxygen atoms in total. The molecule has 0 atom stereocenters. The van der Waals surface area contributed by atoms with E-state index in [4.69, 9.17) is 23.2 Å². The maximum atomic E-state index is 12.8. The van der Waals surface area contributed by atoms with Crippen molar-refractivity contribution in [1.29, 1.82) is 0 Å². The fraction of sp³-hybridized carbons (Fsp3) is 0.111. The first kappa shape index (κ1) is 17.1. The third-order valence-corrected chi connectivity index (χ3v) is 4.93. The lowest BCUT2D eigenvalue weighted by Gasteiger charge is -2.16. The van der Waals surface area contributed by atoms with Crippen LogP contribution in [0, 0.1) is 6.92 Å². The number of thioether (sulfide) groups is 1. The molecule has 2 aromatic carbocycles. The van der Waals surface area contributed by atoms with Gasteiger partial charge in [-0.2, -0.15) is 0 Å². The molecule has 0 bridgehead atoms. The Morgan fingerprint density at radius 3 is 2.42 bits per heavy atom. The third-order valence-electron chi connectivity index (χ3n) is 3.55. The van der Waals surface area contributed by atoms with Crippen molar-refractivity contribution in [2.24, 2.45) is 4.99 Å². The normalized spacial score (nSPS) is 16.0. The first-order chi connectivity index (χ1) is 11.5. The zero-order valence-corrected chi connectivity index (χ0v) is 15.4. The SMILES string of the molecule is CSC1=N/C(=C\c2ccc(Cl)c(Cl)c2)C(=O)N1c1ccc(C)cc1. The minimum atomic E-state index is -0.158. The van der Waals surface area contributed by atoms with Crippen LogP contribution in [0.25, 0.3) is 6.08 Å². The van der Waals surface area contributed by atoms with E-state index in [2.05, 4.69) is 4.99 Å². The first-order valence-electron chi connectivity index (χ1n) is 7.20. The second-order valence-electron chi connectivity index (χ2n) is 5.28. The van der Waals surface area contributed by atoms with E-state index in [0.717, 1.165) is 16.8 Å². The van der Waals surface area contributed by atoms with Crippen molar-refractivity contribution >= 4 is 57.8 Å². The lowest BCUT2D eigenvalue weighted by Crippen LogP contribution is -2.29. The van der Waals surface area contributed by atoms with Gasteiger partial charge >= 0.3 is 0 Å². The summed E-state index contributed by atoms with van der Waals surface area (Å²) in [6.07, 6.45) is 3.62. The van der Waals surface area contributed by atoms with Crippen molar-refractivity contribution in [2.75, 3.05) is 11.2 Å². The van der Waals surface area contributed by atoms with E-state index in [9.17, 15) is 4.79 Å². The van der Waals surface area contributed by atoms with Gasteiger partial charge in [0.05, 0.1) is 15.7 Å². The largest absolute Gasteiger partial charge is 0.283 e. The number of aliphatic imine (C=N–C) groups is 1. The monoisotopic (exact) mass is 376 g/mol. The highest BCUT2D eigenvalue weighted by atomic mass is 35.5. The molecule has 6 heteroatoms. The number of benzene rings is 2. The zero-order chi connectivity index (χ0) is 17.3. The molecular weight excluding hydrogens is 363 g/mol. The Morgan fingerprint density at radius 2 is 1.79 bits per heavy atom. The van der Waals surface area contributed by atoms with E-state index in [1.807, 2.05) is 37.4 Å². The van der Waals surface area contributed by atoms with Crippen molar-refractivity contribution in [3.8, 4) is 0 Å². The quantitative estimate of drug-likeness (QED) is 0.656. The van der Waals surface area contributed by atoms with Crippen LogP contribution in [-0.4, -0.2) is 17.3 Å². The number of carbonyl (C=O) groups excluding carboxylic acids is 1. The van der Waals surface area contributed by atoms with E-state index < -0.39 is 0 Å².